The Morgan fingerprint density at radius 3 is 2.33 bits per heavy atom. The number of para-hydroxylation sites is 1. The monoisotopic (exact) mass is 255 g/mol. The third kappa shape index (κ3) is 1.79. The average molecular weight is 255 g/mol. The lowest BCUT2D eigenvalue weighted by Gasteiger charge is -2.04. The van der Waals surface area contributed by atoms with Crippen molar-refractivity contribution in [1.29, 1.82) is 0 Å². The van der Waals surface area contributed by atoms with Gasteiger partial charge in [0, 0.05) is 16.5 Å². The molecule has 1 aromatic heterocycles. The summed E-state index contributed by atoms with van der Waals surface area (Å²) in [5.74, 6) is 0. The molecule has 0 N–H and O–H groups in total. The fourth-order valence-electron chi connectivity index (χ4n) is 1.71. The van der Waals surface area contributed by atoms with Gasteiger partial charge in [0.1, 0.15) is 0 Å². The van der Waals surface area contributed by atoms with Gasteiger partial charge in [0.05, 0.1) is 10.5 Å². The Labute approximate surface area is 103 Å². The van der Waals surface area contributed by atoms with E-state index in [0.717, 1.165) is 0 Å². The maximum atomic E-state index is 2.31. The molecule has 0 unspecified atom stereocenters. The van der Waals surface area contributed by atoms with Crippen LogP contribution in [-0.4, -0.2) is 22.7 Å². The number of aromatic nitrogens is 1. The number of fused-ring (bicyclic) bond motifs is 1. The second-order valence-corrected chi connectivity index (χ2v) is 5.38. The molecule has 15 heavy (non-hydrogen) atoms. The summed E-state index contributed by atoms with van der Waals surface area (Å²) >= 11 is 5.42. The molecule has 0 bridgehead atoms. The van der Waals surface area contributed by atoms with Gasteiger partial charge < -0.3 is 0 Å². The molecule has 1 aromatic carbocycles. The molecular formula is C11H13NS3. The van der Waals surface area contributed by atoms with E-state index in [0.29, 0.717) is 0 Å². The van der Waals surface area contributed by atoms with Crippen molar-refractivity contribution in [2.24, 2.45) is 0 Å². The van der Waals surface area contributed by atoms with Crippen molar-refractivity contribution < 1.29 is 0 Å². The summed E-state index contributed by atoms with van der Waals surface area (Å²) < 4.78 is 2.31. The van der Waals surface area contributed by atoms with Gasteiger partial charge in [0.25, 0.3) is 0 Å². The van der Waals surface area contributed by atoms with Gasteiger partial charge in [-0.3, -0.25) is 3.97 Å². The zero-order chi connectivity index (χ0) is 10.8. The number of benzene rings is 1. The summed E-state index contributed by atoms with van der Waals surface area (Å²) in [6, 6.07) is 8.60. The minimum Gasteiger partial charge on any atom is -0.277 e. The van der Waals surface area contributed by atoms with Gasteiger partial charge in [0.15, 0.2) is 0 Å². The van der Waals surface area contributed by atoms with Crippen molar-refractivity contribution in [1.82, 2.24) is 3.97 Å². The predicted octanol–water partition coefficient (Wildman–Crippen LogP) is 4.21. The summed E-state index contributed by atoms with van der Waals surface area (Å²) in [7, 11) is 0. The molecule has 0 atom stereocenters. The van der Waals surface area contributed by atoms with Crippen molar-refractivity contribution in [3.05, 3.63) is 24.3 Å². The van der Waals surface area contributed by atoms with Gasteiger partial charge in [-0.1, -0.05) is 18.2 Å². The normalized spacial score (nSPS) is 11.1. The van der Waals surface area contributed by atoms with Crippen LogP contribution in [0.25, 0.3) is 10.9 Å². The lowest BCUT2D eigenvalue weighted by molar-refractivity contribution is 1.09. The van der Waals surface area contributed by atoms with Crippen molar-refractivity contribution in [2.45, 2.75) is 9.92 Å². The highest BCUT2D eigenvalue weighted by Crippen LogP contribution is 2.39. The van der Waals surface area contributed by atoms with Crippen LogP contribution in [0.4, 0.5) is 0 Å². The van der Waals surface area contributed by atoms with Gasteiger partial charge >= 0.3 is 0 Å². The highest BCUT2D eigenvalue weighted by atomic mass is 32.2. The topological polar surface area (TPSA) is 4.93 Å². The highest BCUT2D eigenvalue weighted by Gasteiger charge is 2.14. The quantitative estimate of drug-likeness (QED) is 0.758. The Kier molecular flexibility index (Phi) is 3.59. The second-order valence-electron chi connectivity index (χ2n) is 3.04. The van der Waals surface area contributed by atoms with E-state index in [1.807, 2.05) is 23.5 Å². The molecule has 0 radical (unpaired) electrons. The van der Waals surface area contributed by atoms with Gasteiger partial charge in [-0.15, -0.1) is 23.5 Å². The first-order valence-electron chi connectivity index (χ1n) is 4.59. The van der Waals surface area contributed by atoms with E-state index in [2.05, 4.69) is 47.0 Å². The zero-order valence-corrected chi connectivity index (χ0v) is 11.4. The van der Waals surface area contributed by atoms with E-state index in [-0.39, 0.29) is 0 Å². The molecule has 2 aromatic rings. The summed E-state index contributed by atoms with van der Waals surface area (Å²) in [6.07, 6.45) is 6.41. The lowest BCUT2D eigenvalue weighted by Crippen LogP contribution is -1.86. The lowest BCUT2D eigenvalue weighted by atomic mass is 10.2. The van der Waals surface area contributed by atoms with Crippen LogP contribution in [0.5, 0.6) is 0 Å². The molecule has 1 nitrogen and oxygen atoms in total. The van der Waals surface area contributed by atoms with Crippen LogP contribution in [0, 0.1) is 0 Å². The highest BCUT2D eigenvalue weighted by molar-refractivity contribution is 8.02. The predicted molar refractivity (Wildman–Crippen MR) is 74.4 cm³/mol. The second kappa shape index (κ2) is 4.76. The summed E-state index contributed by atoms with van der Waals surface area (Å²) in [4.78, 5) is 1.40. The smallest absolute Gasteiger partial charge is 0.0999 e. The van der Waals surface area contributed by atoms with Crippen LogP contribution in [0.2, 0.25) is 0 Å². The molecule has 0 aliphatic heterocycles. The Balaban J connectivity index is 2.82. The van der Waals surface area contributed by atoms with Crippen molar-refractivity contribution in [2.75, 3.05) is 18.8 Å². The first-order valence-corrected chi connectivity index (χ1v) is 8.22. The molecule has 4 heteroatoms. The largest absolute Gasteiger partial charge is 0.277 e. The first-order chi connectivity index (χ1) is 7.33. The van der Waals surface area contributed by atoms with Crippen molar-refractivity contribution in [3.8, 4) is 0 Å². The molecule has 2 rings (SSSR count). The molecule has 1 heterocycles. The fourth-order valence-corrected chi connectivity index (χ4v) is 4.55. The maximum absolute atomic E-state index is 2.31. The van der Waals surface area contributed by atoms with Crippen LogP contribution >= 0.6 is 35.5 Å². The van der Waals surface area contributed by atoms with Gasteiger partial charge in [-0.25, -0.2) is 0 Å². The molecular weight excluding hydrogens is 242 g/mol. The number of nitrogens with zero attached hydrogens (tertiary/aromatic N) is 1. The molecule has 0 fully saturated rings. The summed E-state index contributed by atoms with van der Waals surface area (Å²) in [5.41, 5.74) is 1.32. The van der Waals surface area contributed by atoms with E-state index in [4.69, 9.17) is 0 Å². The SMILES string of the molecule is CSc1c(SC)n(SC)c2ccccc12. The Morgan fingerprint density at radius 2 is 1.73 bits per heavy atom. The minimum absolute atomic E-state index is 1.32. The minimum atomic E-state index is 1.32. The number of hydrogen-bond donors (Lipinski definition) is 0. The van der Waals surface area contributed by atoms with Gasteiger partial charge in [-0.2, -0.15) is 0 Å². The molecule has 0 saturated heterocycles. The molecule has 0 amide bonds. The van der Waals surface area contributed by atoms with E-state index in [1.165, 1.54) is 20.8 Å². The summed E-state index contributed by atoms with van der Waals surface area (Å²) in [6.45, 7) is 0. The van der Waals surface area contributed by atoms with Crippen LogP contribution in [-0.2, 0) is 0 Å². The molecule has 0 aliphatic rings. The third-order valence-corrected chi connectivity index (χ3v) is 4.91. The van der Waals surface area contributed by atoms with Crippen LogP contribution in [0.15, 0.2) is 34.2 Å². The van der Waals surface area contributed by atoms with Gasteiger partial charge in [-0.05, 0) is 30.5 Å². The van der Waals surface area contributed by atoms with E-state index in [9.17, 15) is 0 Å². The Bertz CT molecular complexity index is 435. The first kappa shape index (κ1) is 11.3. The Hall–Kier alpha value is -0.190. The van der Waals surface area contributed by atoms with Gasteiger partial charge in [0.2, 0.25) is 0 Å². The Morgan fingerprint density at radius 1 is 1.00 bits per heavy atom. The van der Waals surface area contributed by atoms with Crippen LogP contribution in [0.3, 0.4) is 0 Å². The molecule has 0 spiro atoms. The molecule has 0 saturated carbocycles. The molecule has 0 aliphatic carbocycles. The van der Waals surface area contributed by atoms with E-state index < -0.39 is 0 Å². The third-order valence-electron chi connectivity index (χ3n) is 2.33. The van der Waals surface area contributed by atoms with Crippen molar-refractivity contribution >= 4 is 46.4 Å². The average Bonchev–Trinajstić information content (AvgIpc) is 2.61. The van der Waals surface area contributed by atoms with Crippen molar-refractivity contribution in [3.63, 3.8) is 0 Å². The zero-order valence-electron chi connectivity index (χ0n) is 8.98. The number of hydrogen-bond acceptors (Lipinski definition) is 3. The van der Waals surface area contributed by atoms with Crippen LogP contribution < -0.4 is 0 Å². The molecule has 80 valence electrons. The maximum Gasteiger partial charge on any atom is 0.0999 e. The number of thioether (sulfide) groups is 2. The summed E-state index contributed by atoms with van der Waals surface area (Å²) in [5, 5.41) is 2.72. The van der Waals surface area contributed by atoms with E-state index >= 15 is 0 Å². The van der Waals surface area contributed by atoms with Crippen LogP contribution in [0.1, 0.15) is 0 Å². The van der Waals surface area contributed by atoms with E-state index in [1.54, 1.807) is 11.9 Å². The fraction of sp³-hybridized carbons (Fsp3) is 0.273. The standard InChI is InChI=1S/C11H13NS3/c1-13-10-8-6-4-5-7-9(8)12(15-3)11(10)14-2/h4-7H,1-3H3. The number of rotatable bonds is 3.